The summed E-state index contributed by atoms with van der Waals surface area (Å²) in [7, 11) is -1.72. The molecule has 1 radical (unpaired) electrons. The maximum atomic E-state index is 13.1. The monoisotopic (exact) mass is 493 g/mol. The van der Waals surface area contributed by atoms with Crippen LogP contribution in [-0.2, 0) is 10.0 Å². The summed E-state index contributed by atoms with van der Waals surface area (Å²) in [5.41, 5.74) is 2.85. The van der Waals surface area contributed by atoms with Gasteiger partial charge < -0.3 is 0 Å². The minimum Gasteiger partial charge on any atom is -0.265 e. The van der Waals surface area contributed by atoms with Crippen LogP contribution in [-0.4, -0.2) is 31.3 Å². The summed E-state index contributed by atoms with van der Waals surface area (Å²) in [6.07, 6.45) is 19.2. The highest BCUT2D eigenvalue weighted by Gasteiger charge is 2.50. The highest BCUT2D eigenvalue weighted by molar-refractivity contribution is 7.89. The predicted octanol–water partition coefficient (Wildman–Crippen LogP) is 6.66. The van der Waals surface area contributed by atoms with E-state index in [9.17, 15) is 8.42 Å². The van der Waals surface area contributed by atoms with Crippen LogP contribution in [0.2, 0.25) is 0 Å². The van der Waals surface area contributed by atoms with E-state index in [1.807, 2.05) is 31.5 Å². The van der Waals surface area contributed by atoms with E-state index in [0.717, 1.165) is 36.2 Å². The number of aryl methyl sites for hydroxylation is 1. The Bertz CT molecular complexity index is 1050. The van der Waals surface area contributed by atoms with E-state index in [2.05, 4.69) is 23.5 Å². The van der Waals surface area contributed by atoms with Gasteiger partial charge in [0, 0.05) is 26.0 Å². The van der Waals surface area contributed by atoms with E-state index in [4.69, 9.17) is 0 Å². The van der Waals surface area contributed by atoms with E-state index >= 15 is 0 Å². The molecule has 4 saturated carbocycles. The molecule has 4 fully saturated rings. The van der Waals surface area contributed by atoms with Crippen LogP contribution in [0.25, 0.3) is 0 Å². The first-order valence-corrected chi connectivity index (χ1v) is 15.0. The second-order valence-electron chi connectivity index (χ2n) is 12.0. The molecule has 0 N–H and O–H groups in total. The van der Waals surface area contributed by atoms with Crippen LogP contribution in [0.15, 0.2) is 53.7 Å². The lowest BCUT2D eigenvalue weighted by Crippen LogP contribution is -2.46. The molecule has 1 aromatic heterocycles. The lowest BCUT2D eigenvalue weighted by molar-refractivity contribution is -0.0601. The van der Waals surface area contributed by atoms with Crippen LogP contribution in [0.4, 0.5) is 0 Å². The molecule has 0 saturated heterocycles. The summed E-state index contributed by atoms with van der Waals surface area (Å²) in [6.45, 7) is 2.54. The molecule has 1 atom stereocenters. The van der Waals surface area contributed by atoms with Crippen LogP contribution in [0.1, 0.15) is 75.3 Å². The smallest absolute Gasteiger partial charge is 0.242 e. The molecule has 1 heterocycles. The molecule has 4 aliphatic rings. The van der Waals surface area contributed by atoms with E-state index in [-0.39, 0.29) is 0 Å². The number of hydrogen-bond acceptors (Lipinski definition) is 3. The second-order valence-corrected chi connectivity index (χ2v) is 14.0. The molecule has 5 heteroatoms. The minimum atomic E-state index is -3.46. The molecule has 1 aromatic carbocycles. The molecule has 1 unspecified atom stereocenters. The zero-order valence-corrected chi connectivity index (χ0v) is 22.2. The fourth-order valence-corrected chi connectivity index (χ4v) is 8.85. The molecule has 0 spiro atoms. The van der Waals surface area contributed by atoms with Crippen molar-refractivity contribution in [2.45, 2.75) is 76.0 Å². The van der Waals surface area contributed by atoms with Crippen molar-refractivity contribution in [1.29, 1.82) is 0 Å². The van der Waals surface area contributed by atoms with Gasteiger partial charge in [-0.3, -0.25) is 4.98 Å². The molecule has 2 aromatic rings. The maximum absolute atomic E-state index is 13.1. The summed E-state index contributed by atoms with van der Waals surface area (Å²) in [4.78, 5) is 4.53. The normalized spacial score (nSPS) is 28.5. The number of pyridine rings is 1. The van der Waals surface area contributed by atoms with Crippen LogP contribution < -0.4 is 0 Å². The predicted molar refractivity (Wildman–Crippen MR) is 141 cm³/mol. The van der Waals surface area contributed by atoms with Crippen LogP contribution in [0.3, 0.4) is 0 Å². The Morgan fingerprint density at radius 1 is 0.971 bits per heavy atom. The van der Waals surface area contributed by atoms with Gasteiger partial charge in [0.1, 0.15) is 0 Å². The van der Waals surface area contributed by atoms with Crippen LogP contribution in [0, 0.1) is 42.4 Å². The van der Waals surface area contributed by atoms with Gasteiger partial charge in [-0.1, -0.05) is 17.7 Å². The number of hydrogen-bond donors (Lipinski definition) is 0. The van der Waals surface area contributed by atoms with Crippen molar-refractivity contribution in [3.8, 4) is 0 Å². The summed E-state index contributed by atoms with van der Waals surface area (Å²) >= 11 is 0. The van der Waals surface area contributed by atoms with E-state index in [0.29, 0.717) is 22.8 Å². The molecular formula is C30H41N2O2S. The highest BCUT2D eigenvalue weighted by atomic mass is 32.2. The summed E-state index contributed by atoms with van der Waals surface area (Å²) in [6, 6.07) is 11.3. The average molecular weight is 494 g/mol. The second kappa shape index (κ2) is 10.3. The van der Waals surface area contributed by atoms with Gasteiger partial charge in [0.2, 0.25) is 10.0 Å². The van der Waals surface area contributed by atoms with Gasteiger partial charge in [-0.05, 0) is 136 Å². The lowest BCUT2D eigenvalue weighted by atomic mass is 9.48. The number of sulfonamides is 1. The van der Waals surface area contributed by atoms with E-state index in [1.165, 1.54) is 56.9 Å². The Hall–Kier alpha value is -1.72. The average Bonchev–Trinajstić information content (AvgIpc) is 2.83. The minimum absolute atomic E-state index is 0.388. The fourth-order valence-electron chi connectivity index (χ4n) is 7.66. The Kier molecular flexibility index (Phi) is 7.37. The van der Waals surface area contributed by atoms with Gasteiger partial charge in [-0.15, -0.1) is 0 Å². The topological polar surface area (TPSA) is 50.3 Å². The highest BCUT2D eigenvalue weighted by Crippen LogP contribution is 2.61. The van der Waals surface area contributed by atoms with Gasteiger partial charge in [0.25, 0.3) is 0 Å². The number of benzene rings is 1. The van der Waals surface area contributed by atoms with Gasteiger partial charge in [-0.2, -0.15) is 0 Å². The zero-order valence-electron chi connectivity index (χ0n) is 21.4. The number of aromatic nitrogens is 1. The fraction of sp³-hybridized carbons (Fsp3) is 0.600. The third kappa shape index (κ3) is 5.83. The van der Waals surface area contributed by atoms with Gasteiger partial charge in [-0.25, -0.2) is 12.7 Å². The first-order chi connectivity index (χ1) is 16.8. The number of rotatable bonds is 11. The van der Waals surface area contributed by atoms with Crippen molar-refractivity contribution in [3.63, 3.8) is 0 Å². The van der Waals surface area contributed by atoms with E-state index < -0.39 is 10.0 Å². The van der Waals surface area contributed by atoms with Crippen molar-refractivity contribution in [2.24, 2.45) is 29.1 Å². The lowest BCUT2D eigenvalue weighted by Gasteiger charge is -2.57. The molecule has 35 heavy (non-hydrogen) atoms. The Morgan fingerprint density at radius 3 is 2.17 bits per heavy atom. The van der Waals surface area contributed by atoms with Gasteiger partial charge in [0.15, 0.2) is 0 Å². The Morgan fingerprint density at radius 2 is 1.57 bits per heavy atom. The Balaban J connectivity index is 1.23. The summed E-state index contributed by atoms with van der Waals surface area (Å²) in [5, 5.41) is 0. The quantitative estimate of drug-likeness (QED) is 0.352. The standard InChI is InChI=1S/C30H41N2O2S/c1-23-3-7-29(8-4-23)35(33,34)32(2)16-12-24(5-6-25-10-14-31-15-11-25)9-13-30-20-26-17-27(21-30)19-28(18-26)22-30/h3-4,6-8,10-11,14-15,24,26-28H,5,9,12-13,16-22H2,1-2H3. The van der Waals surface area contributed by atoms with Gasteiger partial charge >= 0.3 is 0 Å². The molecule has 4 nitrogen and oxygen atoms in total. The van der Waals surface area contributed by atoms with E-state index in [1.54, 1.807) is 23.5 Å². The van der Waals surface area contributed by atoms with Crippen molar-refractivity contribution >= 4 is 10.0 Å². The first-order valence-electron chi connectivity index (χ1n) is 13.6. The van der Waals surface area contributed by atoms with Crippen LogP contribution >= 0.6 is 0 Å². The molecule has 0 amide bonds. The van der Waals surface area contributed by atoms with Gasteiger partial charge in [0.05, 0.1) is 4.90 Å². The van der Waals surface area contributed by atoms with Crippen LogP contribution in [0.5, 0.6) is 0 Å². The first kappa shape index (κ1) is 25.0. The molecule has 4 bridgehead atoms. The molecule has 189 valence electrons. The van der Waals surface area contributed by atoms with Crippen molar-refractivity contribution in [1.82, 2.24) is 9.29 Å². The van der Waals surface area contributed by atoms with Crippen molar-refractivity contribution in [2.75, 3.05) is 13.6 Å². The molecular weight excluding hydrogens is 452 g/mol. The molecule has 6 rings (SSSR count). The Labute approximate surface area is 212 Å². The summed E-state index contributed by atoms with van der Waals surface area (Å²) < 4.78 is 27.8. The number of nitrogens with zero attached hydrogens (tertiary/aromatic N) is 2. The largest absolute Gasteiger partial charge is 0.265 e. The maximum Gasteiger partial charge on any atom is 0.242 e. The zero-order chi connectivity index (χ0) is 24.5. The third-order valence-corrected chi connectivity index (χ3v) is 11.1. The third-order valence-electron chi connectivity index (χ3n) is 9.22. The summed E-state index contributed by atoms with van der Waals surface area (Å²) in [5.74, 6) is 3.43. The molecule has 4 aliphatic carbocycles. The van der Waals surface area contributed by atoms with Crippen molar-refractivity contribution < 1.29 is 8.42 Å². The van der Waals surface area contributed by atoms with Crippen molar-refractivity contribution in [3.05, 3.63) is 66.3 Å². The SMILES string of the molecule is Cc1ccc(S(=O)(=O)N(C)CCC(C[CH]c2ccncc2)CCC23CC4CC(CC(C4)C2)C3)cc1. The molecule has 0 aliphatic heterocycles.